The van der Waals surface area contributed by atoms with Crippen LogP contribution in [0.2, 0.25) is 0 Å². The molecule has 1 saturated heterocycles. The lowest BCUT2D eigenvalue weighted by molar-refractivity contribution is 0.0693. The van der Waals surface area contributed by atoms with Crippen molar-refractivity contribution in [1.82, 2.24) is 4.72 Å². The first-order chi connectivity index (χ1) is 9.81. The number of sulfonamides is 1. The number of carbonyl (C=O) groups is 1. The van der Waals surface area contributed by atoms with E-state index in [1.807, 2.05) is 0 Å². The van der Waals surface area contributed by atoms with Gasteiger partial charge >= 0.3 is 5.97 Å². The van der Waals surface area contributed by atoms with Crippen LogP contribution in [0.1, 0.15) is 23.7 Å². The van der Waals surface area contributed by atoms with E-state index in [0.29, 0.717) is 13.2 Å². The molecular formula is C13H17NO6S. The quantitative estimate of drug-likeness (QED) is 0.740. The van der Waals surface area contributed by atoms with Crippen molar-refractivity contribution in [3.8, 4) is 5.75 Å². The largest absolute Gasteiger partial charge is 0.507 e. The third-order valence-electron chi connectivity index (χ3n) is 3.52. The van der Waals surface area contributed by atoms with Gasteiger partial charge in [-0.3, -0.25) is 0 Å². The van der Waals surface area contributed by atoms with Gasteiger partial charge in [0, 0.05) is 18.6 Å². The molecule has 0 saturated carbocycles. The molecular weight excluding hydrogens is 298 g/mol. The number of carboxylic acids is 1. The first-order valence-corrected chi connectivity index (χ1v) is 7.96. The first-order valence-electron chi connectivity index (χ1n) is 6.47. The molecule has 1 aromatic carbocycles. The van der Waals surface area contributed by atoms with E-state index in [1.165, 1.54) is 6.07 Å². The standard InChI is InChI=1S/C13H17NO6S/c1-8(9-4-5-20-7-9)14-21(18,19)10-2-3-12(15)11(6-10)13(16)17/h2-3,6,8-9,14-15H,4-5,7H2,1H3,(H,16,17). The zero-order valence-electron chi connectivity index (χ0n) is 11.4. The summed E-state index contributed by atoms with van der Waals surface area (Å²) in [5, 5.41) is 18.3. The van der Waals surface area contributed by atoms with Gasteiger partial charge in [-0.25, -0.2) is 17.9 Å². The molecule has 7 nitrogen and oxygen atoms in total. The fourth-order valence-corrected chi connectivity index (χ4v) is 3.55. The summed E-state index contributed by atoms with van der Waals surface area (Å²) in [7, 11) is -3.85. The highest BCUT2D eigenvalue weighted by molar-refractivity contribution is 7.89. The Hall–Kier alpha value is -1.64. The molecule has 0 spiro atoms. The van der Waals surface area contributed by atoms with Crippen molar-refractivity contribution >= 4 is 16.0 Å². The lowest BCUT2D eigenvalue weighted by Gasteiger charge is -2.19. The van der Waals surface area contributed by atoms with Crippen LogP contribution in [0.3, 0.4) is 0 Å². The monoisotopic (exact) mass is 315 g/mol. The normalized spacial score (nSPS) is 20.3. The third-order valence-corrected chi connectivity index (χ3v) is 5.08. The topological polar surface area (TPSA) is 113 Å². The van der Waals surface area contributed by atoms with Crippen LogP contribution in [-0.2, 0) is 14.8 Å². The summed E-state index contributed by atoms with van der Waals surface area (Å²) < 4.78 is 32.3. The Balaban J connectivity index is 2.23. The van der Waals surface area contributed by atoms with Crippen molar-refractivity contribution in [1.29, 1.82) is 0 Å². The Morgan fingerprint density at radius 3 is 2.76 bits per heavy atom. The zero-order valence-corrected chi connectivity index (χ0v) is 12.3. The molecule has 2 rings (SSSR count). The van der Waals surface area contributed by atoms with E-state index >= 15 is 0 Å². The van der Waals surface area contributed by atoms with Crippen LogP contribution in [0.25, 0.3) is 0 Å². The second kappa shape index (κ2) is 6.00. The molecule has 0 bridgehead atoms. The predicted octanol–water partition coefficient (Wildman–Crippen LogP) is 0.794. The molecule has 2 unspecified atom stereocenters. The van der Waals surface area contributed by atoms with Crippen molar-refractivity contribution in [3.63, 3.8) is 0 Å². The smallest absolute Gasteiger partial charge is 0.339 e. The molecule has 8 heteroatoms. The SMILES string of the molecule is CC(NS(=O)(=O)c1ccc(O)c(C(=O)O)c1)C1CCOC1. The van der Waals surface area contributed by atoms with Crippen LogP contribution >= 0.6 is 0 Å². The summed E-state index contributed by atoms with van der Waals surface area (Å²) in [6.45, 7) is 2.86. The number of phenols is 1. The van der Waals surface area contributed by atoms with E-state index in [-0.39, 0.29) is 16.9 Å². The van der Waals surface area contributed by atoms with E-state index in [1.54, 1.807) is 6.92 Å². The Morgan fingerprint density at radius 2 is 2.19 bits per heavy atom. The molecule has 1 aliphatic heterocycles. The van der Waals surface area contributed by atoms with Gasteiger partial charge in [-0.2, -0.15) is 0 Å². The highest BCUT2D eigenvalue weighted by Gasteiger charge is 2.27. The van der Waals surface area contributed by atoms with Gasteiger partial charge in [0.15, 0.2) is 0 Å². The number of aromatic carboxylic acids is 1. The number of hydrogen-bond acceptors (Lipinski definition) is 5. The van der Waals surface area contributed by atoms with Crippen LogP contribution < -0.4 is 4.72 Å². The highest BCUT2D eigenvalue weighted by Crippen LogP contribution is 2.23. The maximum Gasteiger partial charge on any atom is 0.339 e. The van der Waals surface area contributed by atoms with Gasteiger partial charge in [-0.1, -0.05) is 0 Å². The van der Waals surface area contributed by atoms with Crippen LogP contribution in [0.5, 0.6) is 5.75 Å². The minimum Gasteiger partial charge on any atom is -0.507 e. The molecule has 0 amide bonds. The van der Waals surface area contributed by atoms with Gasteiger partial charge in [0.2, 0.25) is 10.0 Å². The van der Waals surface area contributed by atoms with Gasteiger partial charge in [0.05, 0.1) is 11.5 Å². The molecule has 0 aliphatic carbocycles. The number of ether oxygens (including phenoxy) is 1. The summed E-state index contributed by atoms with van der Waals surface area (Å²) in [5.41, 5.74) is -0.449. The van der Waals surface area contributed by atoms with Gasteiger partial charge in [0.25, 0.3) is 0 Å². The summed E-state index contributed by atoms with van der Waals surface area (Å²) in [4.78, 5) is 10.7. The van der Waals surface area contributed by atoms with Gasteiger partial charge in [0.1, 0.15) is 11.3 Å². The summed E-state index contributed by atoms with van der Waals surface area (Å²) in [6, 6.07) is 2.85. The number of aromatic hydroxyl groups is 1. The molecule has 2 atom stereocenters. The Morgan fingerprint density at radius 1 is 1.48 bits per heavy atom. The maximum absolute atomic E-state index is 12.3. The molecule has 0 radical (unpaired) electrons. The Kier molecular flexibility index (Phi) is 4.50. The molecule has 1 fully saturated rings. The van der Waals surface area contributed by atoms with Crippen LogP contribution in [-0.4, -0.2) is 43.9 Å². The van der Waals surface area contributed by atoms with Crippen molar-refractivity contribution < 1.29 is 28.2 Å². The summed E-state index contributed by atoms with van der Waals surface area (Å²) >= 11 is 0. The van der Waals surface area contributed by atoms with E-state index in [2.05, 4.69) is 4.72 Å². The molecule has 1 heterocycles. The van der Waals surface area contributed by atoms with Crippen molar-refractivity contribution in [2.75, 3.05) is 13.2 Å². The minimum atomic E-state index is -3.85. The number of carboxylic acid groups (broad SMARTS) is 1. The van der Waals surface area contributed by atoms with Crippen molar-refractivity contribution in [2.45, 2.75) is 24.3 Å². The number of hydrogen-bond donors (Lipinski definition) is 3. The third kappa shape index (κ3) is 3.52. The Bertz CT molecular complexity index is 636. The van der Waals surface area contributed by atoms with E-state index in [9.17, 15) is 18.3 Å². The molecule has 1 aromatic rings. The lowest BCUT2D eigenvalue weighted by atomic mass is 10.0. The first kappa shape index (κ1) is 15.7. The van der Waals surface area contributed by atoms with Crippen molar-refractivity contribution in [2.24, 2.45) is 5.92 Å². The lowest BCUT2D eigenvalue weighted by Crippen LogP contribution is -2.38. The fourth-order valence-electron chi connectivity index (χ4n) is 2.21. The molecule has 3 N–H and O–H groups in total. The van der Waals surface area contributed by atoms with Crippen molar-refractivity contribution in [3.05, 3.63) is 23.8 Å². The van der Waals surface area contributed by atoms with Gasteiger partial charge in [-0.05, 0) is 31.5 Å². The minimum absolute atomic E-state index is 0.0934. The summed E-state index contributed by atoms with van der Waals surface area (Å²) in [5.74, 6) is -1.77. The van der Waals surface area contributed by atoms with E-state index in [4.69, 9.17) is 9.84 Å². The molecule has 21 heavy (non-hydrogen) atoms. The molecule has 116 valence electrons. The van der Waals surface area contributed by atoms with Gasteiger partial charge < -0.3 is 14.9 Å². The number of rotatable bonds is 5. The molecule has 1 aliphatic rings. The molecule has 0 aromatic heterocycles. The summed E-state index contributed by atoms with van der Waals surface area (Å²) in [6.07, 6.45) is 0.777. The number of benzene rings is 1. The second-order valence-corrected chi connectivity index (χ2v) is 6.73. The average molecular weight is 315 g/mol. The van der Waals surface area contributed by atoms with Gasteiger partial charge in [-0.15, -0.1) is 0 Å². The van der Waals surface area contributed by atoms with E-state index in [0.717, 1.165) is 18.6 Å². The average Bonchev–Trinajstić information content (AvgIpc) is 2.92. The second-order valence-electron chi connectivity index (χ2n) is 5.02. The zero-order chi connectivity index (χ0) is 15.6. The van der Waals surface area contributed by atoms with Crippen LogP contribution in [0, 0.1) is 5.92 Å². The maximum atomic E-state index is 12.3. The predicted molar refractivity (Wildman–Crippen MR) is 73.8 cm³/mol. The number of nitrogens with one attached hydrogen (secondary N) is 1. The van der Waals surface area contributed by atoms with Crippen LogP contribution in [0.4, 0.5) is 0 Å². The fraction of sp³-hybridized carbons (Fsp3) is 0.462. The highest BCUT2D eigenvalue weighted by atomic mass is 32.2. The Labute approximate surface area is 122 Å². The van der Waals surface area contributed by atoms with E-state index < -0.39 is 27.3 Å². The van der Waals surface area contributed by atoms with Crippen LogP contribution in [0.15, 0.2) is 23.1 Å².